The Morgan fingerprint density at radius 2 is 1.95 bits per heavy atom. The van der Waals surface area contributed by atoms with Crippen molar-refractivity contribution in [3.63, 3.8) is 0 Å². The van der Waals surface area contributed by atoms with Crippen LogP contribution in [-0.2, 0) is 12.2 Å². The second-order valence-electron chi connectivity index (χ2n) is 5.08. The molecular weight excluding hydrogens is 306 g/mol. The summed E-state index contributed by atoms with van der Waals surface area (Å²) >= 11 is 3.19. The SMILES string of the molecule is CCc1nnc(CSc2nnc(NC3CCCCC3)s2)o1. The van der Waals surface area contributed by atoms with Crippen molar-refractivity contribution in [2.45, 2.75) is 61.6 Å². The molecule has 0 unspecified atom stereocenters. The van der Waals surface area contributed by atoms with E-state index in [1.807, 2.05) is 6.92 Å². The van der Waals surface area contributed by atoms with E-state index in [4.69, 9.17) is 4.42 Å². The van der Waals surface area contributed by atoms with E-state index in [1.165, 1.54) is 32.1 Å². The lowest BCUT2D eigenvalue weighted by molar-refractivity contribution is 0.462. The molecule has 114 valence electrons. The molecular formula is C13H19N5OS2. The lowest BCUT2D eigenvalue weighted by atomic mass is 9.96. The molecule has 6 nitrogen and oxygen atoms in total. The first-order valence-corrected chi connectivity index (χ1v) is 9.18. The third-order valence-corrected chi connectivity index (χ3v) is 5.44. The standard InChI is InChI=1S/C13H19N5OS2/c1-2-10-15-16-11(19-10)8-20-13-18-17-12(21-13)14-9-6-4-3-5-7-9/h9H,2-8H2,1H3,(H,14,17). The Labute approximate surface area is 132 Å². The summed E-state index contributed by atoms with van der Waals surface area (Å²) in [4.78, 5) is 0. The Morgan fingerprint density at radius 1 is 1.14 bits per heavy atom. The van der Waals surface area contributed by atoms with E-state index in [1.54, 1.807) is 23.1 Å². The van der Waals surface area contributed by atoms with Crippen LogP contribution in [0.3, 0.4) is 0 Å². The fourth-order valence-electron chi connectivity index (χ4n) is 2.36. The van der Waals surface area contributed by atoms with Gasteiger partial charge in [0.2, 0.25) is 16.9 Å². The van der Waals surface area contributed by atoms with E-state index in [0.717, 1.165) is 15.9 Å². The van der Waals surface area contributed by atoms with Crippen LogP contribution < -0.4 is 5.32 Å². The summed E-state index contributed by atoms with van der Waals surface area (Å²) in [5, 5.41) is 20.8. The van der Waals surface area contributed by atoms with Crippen molar-refractivity contribution in [1.82, 2.24) is 20.4 Å². The largest absolute Gasteiger partial charge is 0.424 e. The van der Waals surface area contributed by atoms with Crippen molar-refractivity contribution in [3.8, 4) is 0 Å². The number of anilines is 1. The first-order chi connectivity index (χ1) is 10.3. The predicted octanol–water partition coefficient (Wildman–Crippen LogP) is 3.52. The van der Waals surface area contributed by atoms with Crippen LogP contribution in [0.2, 0.25) is 0 Å². The Bertz CT molecular complexity index is 564. The van der Waals surface area contributed by atoms with Crippen LogP contribution in [0.1, 0.15) is 50.8 Å². The summed E-state index contributed by atoms with van der Waals surface area (Å²) < 4.78 is 6.42. The number of rotatable bonds is 6. The number of aromatic nitrogens is 4. The van der Waals surface area contributed by atoms with E-state index in [9.17, 15) is 0 Å². The molecule has 3 rings (SSSR count). The van der Waals surface area contributed by atoms with Gasteiger partial charge in [-0.05, 0) is 12.8 Å². The van der Waals surface area contributed by atoms with Gasteiger partial charge < -0.3 is 9.73 Å². The highest BCUT2D eigenvalue weighted by Crippen LogP contribution is 2.29. The van der Waals surface area contributed by atoms with Crippen LogP contribution in [0.25, 0.3) is 0 Å². The normalized spacial score (nSPS) is 16.2. The molecule has 1 saturated carbocycles. The van der Waals surface area contributed by atoms with Gasteiger partial charge in [0.1, 0.15) is 0 Å². The van der Waals surface area contributed by atoms with Crippen molar-refractivity contribution in [3.05, 3.63) is 11.8 Å². The number of nitrogens with one attached hydrogen (secondary N) is 1. The number of thioether (sulfide) groups is 1. The molecule has 8 heteroatoms. The summed E-state index contributed by atoms with van der Waals surface area (Å²) in [5.41, 5.74) is 0. The topological polar surface area (TPSA) is 76.7 Å². The maximum atomic E-state index is 5.48. The first-order valence-electron chi connectivity index (χ1n) is 7.37. The van der Waals surface area contributed by atoms with E-state index in [2.05, 4.69) is 25.7 Å². The zero-order valence-electron chi connectivity index (χ0n) is 12.0. The van der Waals surface area contributed by atoms with E-state index in [0.29, 0.717) is 23.6 Å². The van der Waals surface area contributed by atoms with E-state index in [-0.39, 0.29) is 0 Å². The molecule has 1 aliphatic rings. The van der Waals surface area contributed by atoms with Crippen LogP contribution in [0.5, 0.6) is 0 Å². The van der Waals surface area contributed by atoms with Crippen molar-refractivity contribution >= 4 is 28.2 Å². The van der Waals surface area contributed by atoms with Crippen molar-refractivity contribution < 1.29 is 4.42 Å². The molecule has 2 heterocycles. The highest BCUT2D eigenvalue weighted by atomic mass is 32.2. The fraction of sp³-hybridized carbons (Fsp3) is 0.692. The van der Waals surface area contributed by atoms with Gasteiger partial charge in [-0.2, -0.15) is 0 Å². The smallest absolute Gasteiger partial charge is 0.226 e. The van der Waals surface area contributed by atoms with E-state index < -0.39 is 0 Å². The highest BCUT2D eigenvalue weighted by molar-refractivity contribution is 8.00. The predicted molar refractivity (Wildman–Crippen MR) is 83.6 cm³/mol. The number of hydrogen-bond donors (Lipinski definition) is 1. The molecule has 1 aliphatic carbocycles. The summed E-state index contributed by atoms with van der Waals surface area (Å²) in [6.07, 6.45) is 7.24. The van der Waals surface area contributed by atoms with Gasteiger partial charge in [0.05, 0.1) is 5.75 Å². The second-order valence-corrected chi connectivity index (χ2v) is 7.28. The van der Waals surface area contributed by atoms with Crippen LogP contribution in [0.4, 0.5) is 5.13 Å². The van der Waals surface area contributed by atoms with Gasteiger partial charge in [-0.15, -0.1) is 20.4 Å². The molecule has 0 radical (unpaired) electrons. The molecule has 0 spiro atoms. The van der Waals surface area contributed by atoms with Crippen molar-refractivity contribution in [2.24, 2.45) is 0 Å². The van der Waals surface area contributed by atoms with E-state index >= 15 is 0 Å². The van der Waals surface area contributed by atoms with Crippen LogP contribution in [-0.4, -0.2) is 26.4 Å². The summed E-state index contributed by atoms with van der Waals surface area (Å²) in [5.74, 6) is 1.97. The molecule has 0 bridgehead atoms. The van der Waals surface area contributed by atoms with Crippen LogP contribution >= 0.6 is 23.1 Å². The zero-order chi connectivity index (χ0) is 14.5. The minimum Gasteiger partial charge on any atom is -0.424 e. The number of aryl methyl sites for hydroxylation is 1. The fourth-order valence-corrected chi connectivity index (χ4v) is 4.03. The number of nitrogens with zero attached hydrogens (tertiary/aromatic N) is 4. The average Bonchev–Trinajstić information content (AvgIpc) is 3.15. The molecule has 2 aromatic rings. The summed E-state index contributed by atoms with van der Waals surface area (Å²) in [6.45, 7) is 2.00. The summed E-state index contributed by atoms with van der Waals surface area (Å²) in [7, 11) is 0. The van der Waals surface area contributed by atoms with Gasteiger partial charge in [0, 0.05) is 12.5 Å². The third-order valence-electron chi connectivity index (χ3n) is 3.47. The zero-order valence-corrected chi connectivity index (χ0v) is 13.7. The van der Waals surface area contributed by atoms with Crippen LogP contribution in [0.15, 0.2) is 8.76 Å². The molecule has 1 N–H and O–H groups in total. The molecule has 0 aromatic carbocycles. The van der Waals surface area contributed by atoms with Gasteiger partial charge in [-0.3, -0.25) is 0 Å². The van der Waals surface area contributed by atoms with Gasteiger partial charge in [0.25, 0.3) is 0 Å². The monoisotopic (exact) mass is 325 g/mol. The lowest BCUT2D eigenvalue weighted by Crippen LogP contribution is -2.21. The molecule has 1 fully saturated rings. The molecule has 21 heavy (non-hydrogen) atoms. The third kappa shape index (κ3) is 4.16. The Kier molecular flexibility index (Phi) is 5.08. The van der Waals surface area contributed by atoms with Crippen molar-refractivity contribution in [2.75, 3.05) is 5.32 Å². The molecule has 0 atom stereocenters. The Hall–Kier alpha value is -1.15. The van der Waals surface area contributed by atoms with Gasteiger partial charge in [-0.1, -0.05) is 49.3 Å². The van der Waals surface area contributed by atoms with Gasteiger partial charge >= 0.3 is 0 Å². The lowest BCUT2D eigenvalue weighted by Gasteiger charge is -2.21. The Morgan fingerprint density at radius 3 is 2.71 bits per heavy atom. The molecule has 0 amide bonds. The Balaban J connectivity index is 1.50. The maximum absolute atomic E-state index is 5.48. The molecule has 2 aromatic heterocycles. The van der Waals surface area contributed by atoms with Crippen molar-refractivity contribution in [1.29, 1.82) is 0 Å². The molecule has 0 aliphatic heterocycles. The van der Waals surface area contributed by atoms with Crippen LogP contribution in [0, 0.1) is 0 Å². The van der Waals surface area contributed by atoms with Gasteiger partial charge in [0.15, 0.2) is 4.34 Å². The maximum Gasteiger partial charge on any atom is 0.226 e. The van der Waals surface area contributed by atoms with Gasteiger partial charge in [-0.25, -0.2) is 0 Å². The average molecular weight is 325 g/mol. The molecule has 0 saturated heterocycles. The minimum absolute atomic E-state index is 0.563. The second kappa shape index (κ2) is 7.22. The quantitative estimate of drug-likeness (QED) is 0.814. The summed E-state index contributed by atoms with van der Waals surface area (Å²) in [6, 6.07) is 0.563. The number of hydrogen-bond acceptors (Lipinski definition) is 8. The first kappa shape index (κ1) is 14.8. The highest BCUT2D eigenvalue weighted by Gasteiger charge is 2.15. The minimum atomic E-state index is 0.563.